The number of rotatable bonds is 6. The Labute approximate surface area is 99.6 Å². The molecule has 0 aromatic rings. The molecule has 1 saturated heterocycles. The van der Waals surface area contributed by atoms with Gasteiger partial charge in [0.05, 0.1) is 0 Å². The van der Waals surface area contributed by atoms with E-state index >= 15 is 0 Å². The molecule has 1 rings (SSSR count). The SMILES string of the molecule is CN(CCCCl)CCC1CCN(C)CC1. The van der Waals surface area contributed by atoms with Gasteiger partial charge < -0.3 is 9.80 Å². The highest BCUT2D eigenvalue weighted by Gasteiger charge is 2.16. The maximum Gasteiger partial charge on any atom is 0.0235 e. The fourth-order valence-corrected chi connectivity index (χ4v) is 2.31. The van der Waals surface area contributed by atoms with Crippen molar-refractivity contribution in [2.24, 2.45) is 5.92 Å². The molecule has 0 saturated carbocycles. The van der Waals surface area contributed by atoms with Gasteiger partial charge in [-0.15, -0.1) is 11.6 Å². The van der Waals surface area contributed by atoms with E-state index in [-0.39, 0.29) is 0 Å². The zero-order chi connectivity index (χ0) is 11.1. The van der Waals surface area contributed by atoms with Gasteiger partial charge in [-0.25, -0.2) is 0 Å². The summed E-state index contributed by atoms with van der Waals surface area (Å²) >= 11 is 5.68. The highest BCUT2D eigenvalue weighted by atomic mass is 35.5. The van der Waals surface area contributed by atoms with E-state index in [4.69, 9.17) is 11.6 Å². The molecule has 2 nitrogen and oxygen atoms in total. The number of hydrogen-bond donors (Lipinski definition) is 0. The van der Waals surface area contributed by atoms with E-state index in [0.29, 0.717) is 0 Å². The normalized spacial score (nSPS) is 20.0. The van der Waals surface area contributed by atoms with Crippen LogP contribution in [-0.4, -0.2) is 56.0 Å². The molecule has 3 heteroatoms. The number of piperidine rings is 1. The Hall–Kier alpha value is 0.210. The van der Waals surface area contributed by atoms with Gasteiger partial charge in [-0.05, 0) is 71.9 Å². The molecule has 1 heterocycles. The van der Waals surface area contributed by atoms with E-state index in [0.717, 1.165) is 24.8 Å². The van der Waals surface area contributed by atoms with E-state index in [2.05, 4.69) is 23.9 Å². The third-order valence-electron chi connectivity index (χ3n) is 3.43. The molecule has 0 amide bonds. The van der Waals surface area contributed by atoms with Crippen LogP contribution in [0.1, 0.15) is 25.7 Å². The Bertz CT molecular complexity index is 156. The van der Waals surface area contributed by atoms with Crippen molar-refractivity contribution >= 4 is 11.6 Å². The standard InChI is InChI=1S/C12H25ClN2/c1-14(8-3-7-13)9-4-12-5-10-15(2)11-6-12/h12H,3-11H2,1-2H3. The molecule has 0 bridgehead atoms. The monoisotopic (exact) mass is 232 g/mol. The molecule has 0 radical (unpaired) electrons. The Balaban J connectivity index is 2.04. The summed E-state index contributed by atoms with van der Waals surface area (Å²) in [6.07, 6.45) is 5.26. The highest BCUT2D eigenvalue weighted by molar-refractivity contribution is 6.17. The largest absolute Gasteiger partial charge is 0.306 e. The molecule has 90 valence electrons. The molecule has 0 aliphatic carbocycles. The van der Waals surface area contributed by atoms with Gasteiger partial charge in [0, 0.05) is 5.88 Å². The lowest BCUT2D eigenvalue weighted by molar-refractivity contribution is 0.196. The third kappa shape index (κ3) is 5.74. The van der Waals surface area contributed by atoms with Gasteiger partial charge in [-0.2, -0.15) is 0 Å². The van der Waals surface area contributed by atoms with Crippen LogP contribution in [0.2, 0.25) is 0 Å². The summed E-state index contributed by atoms with van der Waals surface area (Å²) < 4.78 is 0. The van der Waals surface area contributed by atoms with Gasteiger partial charge in [0.25, 0.3) is 0 Å². The summed E-state index contributed by atoms with van der Waals surface area (Å²) in [4.78, 5) is 4.86. The predicted molar refractivity (Wildman–Crippen MR) is 67.7 cm³/mol. The average Bonchev–Trinajstić information content (AvgIpc) is 2.25. The Morgan fingerprint density at radius 2 is 1.93 bits per heavy atom. The molecule has 1 aliphatic rings. The zero-order valence-corrected chi connectivity index (χ0v) is 11.0. The van der Waals surface area contributed by atoms with Crippen molar-refractivity contribution in [3.8, 4) is 0 Å². The molecule has 0 unspecified atom stereocenters. The fourth-order valence-electron chi connectivity index (χ4n) is 2.20. The smallest absolute Gasteiger partial charge is 0.0235 e. The van der Waals surface area contributed by atoms with E-state index in [1.807, 2.05) is 0 Å². The molecule has 0 atom stereocenters. The molecule has 0 N–H and O–H groups in total. The topological polar surface area (TPSA) is 6.48 Å². The Morgan fingerprint density at radius 1 is 1.27 bits per heavy atom. The summed E-state index contributed by atoms with van der Waals surface area (Å²) in [6.45, 7) is 4.97. The zero-order valence-electron chi connectivity index (χ0n) is 10.2. The van der Waals surface area contributed by atoms with Crippen LogP contribution in [0.15, 0.2) is 0 Å². The summed E-state index contributed by atoms with van der Waals surface area (Å²) in [5.41, 5.74) is 0. The Morgan fingerprint density at radius 3 is 2.53 bits per heavy atom. The van der Waals surface area contributed by atoms with Crippen molar-refractivity contribution in [3.05, 3.63) is 0 Å². The van der Waals surface area contributed by atoms with Crippen LogP contribution in [0.5, 0.6) is 0 Å². The number of likely N-dealkylation sites (tertiary alicyclic amines) is 1. The second kappa shape index (κ2) is 7.48. The van der Waals surface area contributed by atoms with Gasteiger partial charge in [0.1, 0.15) is 0 Å². The minimum absolute atomic E-state index is 0.790. The number of alkyl halides is 1. The quantitative estimate of drug-likeness (QED) is 0.649. The van der Waals surface area contributed by atoms with Gasteiger partial charge in [0.2, 0.25) is 0 Å². The minimum atomic E-state index is 0.790. The Kier molecular flexibility index (Phi) is 6.62. The third-order valence-corrected chi connectivity index (χ3v) is 3.70. The van der Waals surface area contributed by atoms with Gasteiger partial charge in [-0.1, -0.05) is 0 Å². The van der Waals surface area contributed by atoms with E-state index in [9.17, 15) is 0 Å². The van der Waals surface area contributed by atoms with Gasteiger partial charge in [-0.3, -0.25) is 0 Å². The summed E-state index contributed by atoms with van der Waals surface area (Å²) in [5.74, 6) is 1.75. The van der Waals surface area contributed by atoms with Crippen molar-refractivity contribution < 1.29 is 0 Å². The van der Waals surface area contributed by atoms with Crippen molar-refractivity contribution in [1.29, 1.82) is 0 Å². The first kappa shape index (κ1) is 13.3. The first-order valence-corrected chi connectivity index (χ1v) is 6.69. The van der Waals surface area contributed by atoms with Crippen LogP contribution in [0.25, 0.3) is 0 Å². The highest BCUT2D eigenvalue weighted by Crippen LogP contribution is 2.19. The second-order valence-corrected chi connectivity index (χ2v) is 5.26. The predicted octanol–water partition coefficient (Wildman–Crippen LogP) is 2.28. The van der Waals surface area contributed by atoms with E-state index < -0.39 is 0 Å². The molecule has 0 aromatic carbocycles. The summed E-state index contributed by atoms with van der Waals surface area (Å²) in [5, 5.41) is 0. The van der Waals surface area contributed by atoms with Crippen LogP contribution in [0.3, 0.4) is 0 Å². The lowest BCUT2D eigenvalue weighted by atomic mass is 9.94. The fraction of sp³-hybridized carbons (Fsp3) is 1.00. The molecular formula is C12H25ClN2. The lowest BCUT2D eigenvalue weighted by Gasteiger charge is -2.30. The van der Waals surface area contributed by atoms with Crippen molar-refractivity contribution in [3.63, 3.8) is 0 Å². The molecular weight excluding hydrogens is 208 g/mol. The van der Waals surface area contributed by atoms with Gasteiger partial charge >= 0.3 is 0 Å². The van der Waals surface area contributed by atoms with Crippen LogP contribution in [0, 0.1) is 5.92 Å². The van der Waals surface area contributed by atoms with Crippen molar-refractivity contribution in [1.82, 2.24) is 9.80 Å². The summed E-state index contributed by atoms with van der Waals surface area (Å²) in [6, 6.07) is 0. The molecule has 0 spiro atoms. The molecule has 15 heavy (non-hydrogen) atoms. The minimum Gasteiger partial charge on any atom is -0.306 e. The average molecular weight is 233 g/mol. The van der Waals surface area contributed by atoms with Gasteiger partial charge in [0.15, 0.2) is 0 Å². The number of nitrogens with zero attached hydrogens (tertiary/aromatic N) is 2. The number of hydrogen-bond acceptors (Lipinski definition) is 2. The first-order chi connectivity index (χ1) is 7.22. The van der Waals surface area contributed by atoms with E-state index in [1.165, 1.54) is 38.9 Å². The van der Waals surface area contributed by atoms with Crippen LogP contribution in [-0.2, 0) is 0 Å². The van der Waals surface area contributed by atoms with Crippen LogP contribution in [0.4, 0.5) is 0 Å². The lowest BCUT2D eigenvalue weighted by Crippen LogP contribution is -2.32. The van der Waals surface area contributed by atoms with Crippen molar-refractivity contribution in [2.45, 2.75) is 25.7 Å². The second-order valence-electron chi connectivity index (χ2n) is 4.88. The maximum atomic E-state index is 5.68. The first-order valence-electron chi connectivity index (χ1n) is 6.15. The molecule has 1 fully saturated rings. The molecule has 1 aliphatic heterocycles. The van der Waals surface area contributed by atoms with Crippen LogP contribution >= 0.6 is 11.6 Å². The maximum absolute atomic E-state index is 5.68. The molecule has 0 aromatic heterocycles. The summed E-state index contributed by atoms with van der Waals surface area (Å²) in [7, 11) is 4.43. The van der Waals surface area contributed by atoms with E-state index in [1.54, 1.807) is 0 Å². The number of halogens is 1. The van der Waals surface area contributed by atoms with Crippen LogP contribution < -0.4 is 0 Å². The van der Waals surface area contributed by atoms with Crippen molar-refractivity contribution in [2.75, 3.05) is 46.2 Å².